The first-order chi connectivity index (χ1) is 8.45. The highest BCUT2D eigenvalue weighted by Crippen LogP contribution is 2.34. The predicted molar refractivity (Wildman–Crippen MR) is 63.6 cm³/mol. The fourth-order valence-corrected chi connectivity index (χ4v) is 2.25. The molecule has 0 amide bonds. The van der Waals surface area contributed by atoms with Crippen molar-refractivity contribution in [2.24, 2.45) is 0 Å². The highest BCUT2D eigenvalue weighted by molar-refractivity contribution is 9.08. The summed E-state index contributed by atoms with van der Waals surface area (Å²) in [4.78, 5) is 11.2. The van der Waals surface area contributed by atoms with Crippen LogP contribution in [0.25, 0.3) is 10.9 Å². The Morgan fingerprint density at radius 3 is 2.78 bits per heavy atom. The Morgan fingerprint density at radius 1 is 1.50 bits per heavy atom. The normalized spacial score (nSPS) is 10.9. The molecule has 0 radical (unpaired) electrons. The quantitative estimate of drug-likeness (QED) is 0.865. The Kier molecular flexibility index (Phi) is 3.25. The summed E-state index contributed by atoms with van der Waals surface area (Å²) in [5.41, 5.74) is 0.0571. The summed E-state index contributed by atoms with van der Waals surface area (Å²) >= 11 is 3.02. The van der Waals surface area contributed by atoms with Gasteiger partial charge < -0.3 is 9.84 Å². The standard InChI is InChI=1S/C11H8BrF2NO3/c1-18-9(17)4-7-11(14)10-6(15(7)12)2-5(13)3-8(10)16/h2-3,16H,4H2,1H3. The number of aromatic nitrogens is 1. The molecule has 0 saturated carbocycles. The third kappa shape index (κ3) is 1.94. The zero-order chi connectivity index (χ0) is 13.4. The zero-order valence-electron chi connectivity index (χ0n) is 9.21. The van der Waals surface area contributed by atoms with Crippen molar-refractivity contribution in [2.45, 2.75) is 6.42 Å². The van der Waals surface area contributed by atoms with Gasteiger partial charge in [-0.3, -0.25) is 8.39 Å². The third-order valence-electron chi connectivity index (χ3n) is 2.52. The highest BCUT2D eigenvalue weighted by Gasteiger charge is 2.22. The number of benzene rings is 1. The fourth-order valence-electron chi connectivity index (χ4n) is 1.69. The molecular weight excluding hydrogens is 312 g/mol. The zero-order valence-corrected chi connectivity index (χ0v) is 10.8. The summed E-state index contributed by atoms with van der Waals surface area (Å²) in [5, 5.41) is 9.39. The Labute approximate surface area is 109 Å². The maximum atomic E-state index is 14.0. The number of phenols is 1. The predicted octanol–water partition coefficient (Wildman–Crippen LogP) is 2.50. The molecule has 0 aliphatic heterocycles. The van der Waals surface area contributed by atoms with Crippen molar-refractivity contribution < 1.29 is 23.4 Å². The van der Waals surface area contributed by atoms with Crippen LogP contribution in [-0.4, -0.2) is 21.8 Å². The fraction of sp³-hybridized carbons (Fsp3) is 0.182. The number of hydrogen-bond acceptors (Lipinski definition) is 3. The molecule has 1 aromatic carbocycles. The van der Waals surface area contributed by atoms with Crippen molar-refractivity contribution in [1.29, 1.82) is 0 Å². The molecule has 0 atom stereocenters. The van der Waals surface area contributed by atoms with Crippen LogP contribution in [0.5, 0.6) is 5.75 Å². The lowest BCUT2D eigenvalue weighted by molar-refractivity contribution is -0.139. The molecule has 1 N–H and O–H groups in total. The van der Waals surface area contributed by atoms with E-state index >= 15 is 0 Å². The first-order valence-electron chi connectivity index (χ1n) is 4.90. The molecule has 4 nitrogen and oxygen atoms in total. The number of halogens is 3. The van der Waals surface area contributed by atoms with Crippen LogP contribution < -0.4 is 0 Å². The average molecular weight is 320 g/mol. The minimum atomic E-state index is -0.787. The number of nitrogens with zero attached hydrogens (tertiary/aromatic N) is 1. The molecule has 7 heteroatoms. The van der Waals surface area contributed by atoms with Crippen LogP contribution in [0.2, 0.25) is 0 Å². The third-order valence-corrected chi connectivity index (χ3v) is 3.33. The van der Waals surface area contributed by atoms with E-state index in [0.29, 0.717) is 0 Å². The Hall–Kier alpha value is -1.63. The number of carbonyl (C=O) groups is 1. The molecule has 1 aromatic heterocycles. The average Bonchev–Trinajstić information content (AvgIpc) is 2.54. The van der Waals surface area contributed by atoms with E-state index < -0.39 is 23.4 Å². The van der Waals surface area contributed by atoms with E-state index in [2.05, 4.69) is 20.9 Å². The van der Waals surface area contributed by atoms with Crippen molar-refractivity contribution in [1.82, 2.24) is 3.59 Å². The molecular formula is C11H8BrF2NO3. The molecule has 0 aliphatic rings. The number of methoxy groups -OCH3 is 1. The number of carbonyl (C=O) groups excluding carboxylic acids is 1. The molecule has 0 aliphatic carbocycles. The Bertz CT molecular complexity index is 639. The van der Waals surface area contributed by atoms with Gasteiger partial charge in [-0.15, -0.1) is 0 Å². The second-order valence-corrected chi connectivity index (χ2v) is 4.32. The second-order valence-electron chi connectivity index (χ2n) is 3.61. The van der Waals surface area contributed by atoms with Gasteiger partial charge in [0.1, 0.15) is 11.6 Å². The van der Waals surface area contributed by atoms with Gasteiger partial charge in [0, 0.05) is 6.07 Å². The Balaban J connectivity index is 2.69. The minimum Gasteiger partial charge on any atom is -0.507 e. The van der Waals surface area contributed by atoms with E-state index in [9.17, 15) is 18.7 Å². The SMILES string of the molecule is COC(=O)Cc1c(F)c2c(O)cc(F)cc2n1Br. The van der Waals surface area contributed by atoms with Crippen LogP contribution in [0.3, 0.4) is 0 Å². The van der Waals surface area contributed by atoms with E-state index in [-0.39, 0.29) is 23.0 Å². The first-order valence-corrected chi connectivity index (χ1v) is 5.61. The number of fused-ring (bicyclic) bond motifs is 1. The molecule has 0 bridgehead atoms. The molecule has 96 valence electrons. The summed E-state index contributed by atoms with van der Waals surface area (Å²) in [5.74, 6) is -2.66. The highest BCUT2D eigenvalue weighted by atomic mass is 79.9. The largest absolute Gasteiger partial charge is 0.507 e. The van der Waals surface area contributed by atoms with Crippen molar-refractivity contribution in [3.63, 3.8) is 0 Å². The monoisotopic (exact) mass is 319 g/mol. The van der Waals surface area contributed by atoms with Gasteiger partial charge in [-0.05, 0) is 6.07 Å². The summed E-state index contributed by atoms with van der Waals surface area (Å²) < 4.78 is 32.8. The van der Waals surface area contributed by atoms with E-state index in [0.717, 1.165) is 15.7 Å². The van der Waals surface area contributed by atoms with Crippen molar-refractivity contribution in [3.05, 3.63) is 29.5 Å². The lowest BCUT2D eigenvalue weighted by Gasteiger charge is -2.00. The summed E-state index contributed by atoms with van der Waals surface area (Å²) in [6, 6.07) is 1.86. The molecule has 2 rings (SSSR count). The van der Waals surface area contributed by atoms with Crippen LogP contribution in [0.15, 0.2) is 12.1 Å². The van der Waals surface area contributed by atoms with Crippen LogP contribution in [0, 0.1) is 11.6 Å². The molecule has 0 unspecified atom stereocenters. The molecule has 0 fully saturated rings. The van der Waals surface area contributed by atoms with Gasteiger partial charge >= 0.3 is 5.97 Å². The van der Waals surface area contributed by atoms with Crippen LogP contribution in [-0.2, 0) is 16.0 Å². The van der Waals surface area contributed by atoms with E-state index in [4.69, 9.17) is 0 Å². The van der Waals surface area contributed by atoms with E-state index in [1.54, 1.807) is 0 Å². The van der Waals surface area contributed by atoms with Crippen molar-refractivity contribution in [2.75, 3.05) is 7.11 Å². The molecule has 2 aromatic rings. The maximum Gasteiger partial charge on any atom is 0.311 e. The lowest BCUT2D eigenvalue weighted by atomic mass is 10.2. The molecule has 0 spiro atoms. The van der Waals surface area contributed by atoms with Gasteiger partial charge in [0.15, 0.2) is 5.82 Å². The van der Waals surface area contributed by atoms with Crippen LogP contribution >= 0.6 is 16.1 Å². The molecule has 18 heavy (non-hydrogen) atoms. The maximum absolute atomic E-state index is 14.0. The van der Waals surface area contributed by atoms with Gasteiger partial charge in [0.2, 0.25) is 0 Å². The molecule has 1 heterocycles. The summed E-state index contributed by atoms with van der Waals surface area (Å²) in [6.07, 6.45) is -0.330. The van der Waals surface area contributed by atoms with Gasteiger partial charge in [-0.2, -0.15) is 0 Å². The topological polar surface area (TPSA) is 51.5 Å². The van der Waals surface area contributed by atoms with E-state index in [1.807, 2.05) is 0 Å². The van der Waals surface area contributed by atoms with Crippen LogP contribution in [0.1, 0.15) is 5.69 Å². The van der Waals surface area contributed by atoms with Crippen molar-refractivity contribution >= 4 is 33.0 Å². The second kappa shape index (κ2) is 4.56. The smallest absolute Gasteiger partial charge is 0.311 e. The Morgan fingerprint density at radius 2 is 2.17 bits per heavy atom. The minimum absolute atomic E-state index is 0.0437. The number of aromatic hydroxyl groups is 1. The summed E-state index contributed by atoms with van der Waals surface area (Å²) in [6.45, 7) is 0. The number of ether oxygens (including phenoxy) is 1. The van der Waals surface area contributed by atoms with Crippen molar-refractivity contribution in [3.8, 4) is 5.75 Å². The number of hydrogen-bond donors (Lipinski definition) is 1. The van der Waals surface area contributed by atoms with Gasteiger partial charge in [0.25, 0.3) is 0 Å². The number of phenolic OH excluding ortho intramolecular Hbond substituents is 1. The number of esters is 1. The number of rotatable bonds is 2. The van der Waals surface area contributed by atoms with E-state index in [1.165, 1.54) is 7.11 Å². The van der Waals surface area contributed by atoms with Gasteiger partial charge in [-0.25, -0.2) is 8.78 Å². The van der Waals surface area contributed by atoms with Gasteiger partial charge in [-0.1, -0.05) is 0 Å². The first kappa shape index (κ1) is 12.8. The lowest BCUT2D eigenvalue weighted by Crippen LogP contribution is -2.07. The summed E-state index contributed by atoms with van der Waals surface area (Å²) in [7, 11) is 1.18. The van der Waals surface area contributed by atoms with Gasteiger partial charge in [0.05, 0.1) is 46.3 Å². The van der Waals surface area contributed by atoms with Crippen LogP contribution in [0.4, 0.5) is 8.78 Å². The molecule has 0 saturated heterocycles.